The molecule has 0 bridgehead atoms. The lowest BCUT2D eigenvalue weighted by Crippen LogP contribution is -2.02. The van der Waals surface area contributed by atoms with Gasteiger partial charge in [-0.05, 0) is 12.8 Å². The summed E-state index contributed by atoms with van der Waals surface area (Å²) in [5.41, 5.74) is 1.61. The van der Waals surface area contributed by atoms with E-state index < -0.39 is 5.97 Å². The Morgan fingerprint density at radius 2 is 2.12 bits per heavy atom. The van der Waals surface area contributed by atoms with Crippen molar-refractivity contribution < 1.29 is 9.90 Å². The van der Waals surface area contributed by atoms with Gasteiger partial charge in [-0.25, -0.2) is 14.8 Å². The number of nitrogens with one attached hydrogen (secondary N) is 1. The highest BCUT2D eigenvalue weighted by atomic mass is 16.4. The van der Waals surface area contributed by atoms with Crippen molar-refractivity contribution in [2.45, 2.75) is 26.7 Å². The van der Waals surface area contributed by atoms with Crippen LogP contribution in [0.3, 0.4) is 0 Å². The molecular weight excluding hydrogens is 206 g/mol. The zero-order chi connectivity index (χ0) is 11.9. The SMILES string of the molecule is Cc1nc(C(C)C)c2c(C(=O)O)c[nH]c2n1. The van der Waals surface area contributed by atoms with Crippen molar-refractivity contribution in [1.82, 2.24) is 15.0 Å². The van der Waals surface area contributed by atoms with Crippen molar-refractivity contribution in [3.8, 4) is 0 Å². The van der Waals surface area contributed by atoms with Crippen LogP contribution in [-0.2, 0) is 0 Å². The number of carboxylic acids is 1. The Hall–Kier alpha value is -1.91. The number of nitrogens with zero attached hydrogens (tertiary/aromatic N) is 2. The lowest BCUT2D eigenvalue weighted by atomic mass is 10.0. The number of hydrogen-bond acceptors (Lipinski definition) is 3. The fourth-order valence-corrected chi connectivity index (χ4v) is 1.76. The Kier molecular flexibility index (Phi) is 2.38. The molecule has 0 aliphatic heterocycles. The van der Waals surface area contributed by atoms with Crippen LogP contribution in [-0.4, -0.2) is 26.0 Å². The van der Waals surface area contributed by atoms with Crippen LogP contribution in [0.2, 0.25) is 0 Å². The number of carbonyl (C=O) groups is 1. The number of aromatic amines is 1. The average molecular weight is 219 g/mol. The Bertz CT molecular complexity index is 558. The molecule has 2 heterocycles. The first-order valence-corrected chi connectivity index (χ1v) is 5.09. The number of aromatic nitrogens is 3. The molecule has 0 aliphatic rings. The standard InChI is InChI=1S/C11H13N3O2/c1-5(2)9-8-7(11(15)16)4-12-10(8)14-6(3)13-9/h4-5H,1-3H3,(H,15,16)(H,12,13,14). The van der Waals surface area contributed by atoms with Crippen LogP contribution in [0.5, 0.6) is 0 Å². The maximum absolute atomic E-state index is 11.1. The monoisotopic (exact) mass is 219 g/mol. The predicted molar refractivity (Wildman–Crippen MR) is 59.7 cm³/mol. The normalized spacial score (nSPS) is 11.2. The van der Waals surface area contributed by atoms with Gasteiger partial charge in [0.2, 0.25) is 0 Å². The first-order valence-electron chi connectivity index (χ1n) is 5.09. The van der Waals surface area contributed by atoms with Gasteiger partial charge in [0.15, 0.2) is 0 Å². The van der Waals surface area contributed by atoms with Crippen molar-refractivity contribution in [3.05, 3.63) is 23.3 Å². The lowest BCUT2D eigenvalue weighted by Gasteiger charge is -2.07. The molecule has 84 valence electrons. The predicted octanol–water partition coefficient (Wildman–Crippen LogP) is 2.09. The van der Waals surface area contributed by atoms with Crippen molar-refractivity contribution in [3.63, 3.8) is 0 Å². The van der Waals surface area contributed by atoms with E-state index in [2.05, 4.69) is 15.0 Å². The van der Waals surface area contributed by atoms with Gasteiger partial charge in [-0.3, -0.25) is 0 Å². The minimum absolute atomic E-state index is 0.165. The summed E-state index contributed by atoms with van der Waals surface area (Å²) in [6.45, 7) is 5.77. The van der Waals surface area contributed by atoms with Crippen LogP contribution in [0, 0.1) is 6.92 Å². The van der Waals surface area contributed by atoms with E-state index in [0.29, 0.717) is 16.9 Å². The molecule has 0 aliphatic carbocycles. The van der Waals surface area contributed by atoms with Gasteiger partial charge in [0.25, 0.3) is 0 Å². The van der Waals surface area contributed by atoms with E-state index in [1.807, 2.05) is 13.8 Å². The third kappa shape index (κ3) is 1.54. The van der Waals surface area contributed by atoms with Crippen LogP contribution >= 0.6 is 0 Å². The Balaban J connectivity index is 2.84. The maximum atomic E-state index is 11.1. The third-order valence-electron chi connectivity index (χ3n) is 2.45. The molecule has 2 N–H and O–H groups in total. The van der Waals surface area contributed by atoms with Crippen molar-refractivity contribution in [1.29, 1.82) is 0 Å². The van der Waals surface area contributed by atoms with Gasteiger partial charge < -0.3 is 10.1 Å². The van der Waals surface area contributed by atoms with Crippen molar-refractivity contribution in [2.75, 3.05) is 0 Å². The molecule has 0 fully saturated rings. The van der Waals surface area contributed by atoms with Gasteiger partial charge in [0.1, 0.15) is 11.5 Å². The average Bonchev–Trinajstić information content (AvgIpc) is 2.59. The number of carboxylic acid groups (broad SMARTS) is 1. The molecule has 2 aromatic heterocycles. The number of hydrogen-bond donors (Lipinski definition) is 2. The summed E-state index contributed by atoms with van der Waals surface area (Å²) < 4.78 is 0. The molecule has 0 saturated carbocycles. The highest BCUT2D eigenvalue weighted by Gasteiger charge is 2.18. The minimum Gasteiger partial charge on any atom is -0.478 e. The Morgan fingerprint density at radius 1 is 1.44 bits per heavy atom. The van der Waals surface area contributed by atoms with E-state index in [0.717, 1.165) is 5.69 Å². The van der Waals surface area contributed by atoms with Crippen molar-refractivity contribution >= 4 is 17.0 Å². The van der Waals surface area contributed by atoms with E-state index >= 15 is 0 Å². The quantitative estimate of drug-likeness (QED) is 0.810. The number of H-pyrrole nitrogens is 1. The molecule has 2 aromatic rings. The van der Waals surface area contributed by atoms with E-state index in [1.165, 1.54) is 6.20 Å². The second-order valence-corrected chi connectivity index (χ2v) is 4.04. The molecule has 5 nitrogen and oxygen atoms in total. The van der Waals surface area contributed by atoms with E-state index in [-0.39, 0.29) is 11.5 Å². The number of aryl methyl sites for hydroxylation is 1. The molecule has 0 aromatic carbocycles. The number of aromatic carboxylic acids is 1. The summed E-state index contributed by atoms with van der Waals surface area (Å²) >= 11 is 0. The molecule has 0 spiro atoms. The van der Waals surface area contributed by atoms with Gasteiger partial charge in [0.05, 0.1) is 16.6 Å². The molecular formula is C11H13N3O2. The van der Waals surface area contributed by atoms with Crippen LogP contribution < -0.4 is 0 Å². The van der Waals surface area contributed by atoms with Crippen LogP contribution in [0.25, 0.3) is 11.0 Å². The molecule has 0 radical (unpaired) electrons. The minimum atomic E-state index is -0.958. The largest absolute Gasteiger partial charge is 0.478 e. The number of fused-ring (bicyclic) bond motifs is 1. The molecule has 5 heteroatoms. The zero-order valence-corrected chi connectivity index (χ0v) is 9.40. The topological polar surface area (TPSA) is 78.9 Å². The van der Waals surface area contributed by atoms with Crippen molar-refractivity contribution in [2.24, 2.45) is 0 Å². The molecule has 2 rings (SSSR count). The summed E-state index contributed by atoms with van der Waals surface area (Å²) in [5.74, 6) is -0.145. The van der Waals surface area contributed by atoms with Gasteiger partial charge in [0, 0.05) is 6.20 Å². The lowest BCUT2D eigenvalue weighted by molar-refractivity contribution is 0.0699. The second kappa shape index (κ2) is 3.59. The summed E-state index contributed by atoms with van der Waals surface area (Å²) in [7, 11) is 0. The van der Waals surface area contributed by atoms with Crippen LogP contribution in [0.15, 0.2) is 6.20 Å². The first kappa shape index (κ1) is 10.6. The summed E-state index contributed by atoms with van der Waals surface area (Å²) in [4.78, 5) is 22.4. The molecule has 0 atom stereocenters. The van der Waals surface area contributed by atoms with E-state index in [1.54, 1.807) is 6.92 Å². The Morgan fingerprint density at radius 3 is 2.69 bits per heavy atom. The van der Waals surface area contributed by atoms with E-state index in [9.17, 15) is 4.79 Å². The zero-order valence-electron chi connectivity index (χ0n) is 9.40. The summed E-state index contributed by atoms with van der Waals surface area (Å²) in [6, 6.07) is 0. The van der Waals surface area contributed by atoms with Crippen LogP contribution in [0.1, 0.15) is 41.6 Å². The first-order chi connectivity index (χ1) is 7.50. The molecule has 0 saturated heterocycles. The highest BCUT2D eigenvalue weighted by molar-refractivity contribution is 6.03. The number of rotatable bonds is 2. The summed E-state index contributed by atoms with van der Waals surface area (Å²) in [5, 5.41) is 9.69. The van der Waals surface area contributed by atoms with Gasteiger partial charge in [-0.15, -0.1) is 0 Å². The van der Waals surface area contributed by atoms with Gasteiger partial charge in [-0.2, -0.15) is 0 Å². The maximum Gasteiger partial charge on any atom is 0.338 e. The van der Waals surface area contributed by atoms with Crippen LogP contribution in [0.4, 0.5) is 0 Å². The second-order valence-electron chi connectivity index (χ2n) is 4.04. The Labute approximate surface area is 92.5 Å². The summed E-state index contributed by atoms with van der Waals surface area (Å²) in [6.07, 6.45) is 1.47. The fraction of sp³-hybridized carbons (Fsp3) is 0.364. The third-order valence-corrected chi connectivity index (χ3v) is 2.45. The molecule has 0 amide bonds. The van der Waals surface area contributed by atoms with Gasteiger partial charge in [-0.1, -0.05) is 13.8 Å². The van der Waals surface area contributed by atoms with Gasteiger partial charge >= 0.3 is 5.97 Å². The molecule has 16 heavy (non-hydrogen) atoms. The molecule has 0 unspecified atom stereocenters. The highest BCUT2D eigenvalue weighted by Crippen LogP contribution is 2.25. The van der Waals surface area contributed by atoms with E-state index in [4.69, 9.17) is 5.11 Å². The smallest absolute Gasteiger partial charge is 0.338 e. The fourth-order valence-electron chi connectivity index (χ4n) is 1.76.